The number of pyridine rings is 1. The molecule has 3 aromatic rings. The first-order valence-electron chi connectivity index (χ1n) is 8.65. The van der Waals surface area contributed by atoms with Gasteiger partial charge in [0.15, 0.2) is 5.43 Å². The van der Waals surface area contributed by atoms with E-state index in [2.05, 4.69) is 33.4 Å². The molecule has 26 heavy (non-hydrogen) atoms. The van der Waals surface area contributed by atoms with Gasteiger partial charge in [-0.3, -0.25) is 9.59 Å². The molecule has 3 rings (SSSR count). The number of fused-ring (bicyclic) bond motifs is 1. The summed E-state index contributed by atoms with van der Waals surface area (Å²) in [4.78, 5) is 24.4. The van der Waals surface area contributed by atoms with E-state index in [1.807, 2.05) is 37.3 Å². The van der Waals surface area contributed by atoms with Crippen molar-refractivity contribution >= 4 is 32.7 Å². The maximum Gasteiger partial charge on any atom is 0.240 e. The van der Waals surface area contributed by atoms with Crippen LogP contribution in [0.1, 0.15) is 18.9 Å². The number of halogens is 1. The Hall–Kier alpha value is -2.40. The minimum Gasteiger partial charge on any atom is -0.352 e. The van der Waals surface area contributed by atoms with E-state index >= 15 is 0 Å². The first kappa shape index (κ1) is 18.4. The van der Waals surface area contributed by atoms with Crippen LogP contribution < -0.4 is 10.7 Å². The van der Waals surface area contributed by atoms with Crippen molar-refractivity contribution in [3.8, 4) is 0 Å². The van der Waals surface area contributed by atoms with E-state index in [-0.39, 0.29) is 23.9 Å². The fourth-order valence-electron chi connectivity index (χ4n) is 2.99. The molecule has 0 saturated heterocycles. The predicted octanol–water partition coefficient (Wildman–Crippen LogP) is 3.90. The van der Waals surface area contributed by atoms with Crippen LogP contribution in [0.3, 0.4) is 0 Å². The Balaban J connectivity index is 1.65. The first-order valence-corrected chi connectivity index (χ1v) is 9.44. The van der Waals surface area contributed by atoms with E-state index in [0.29, 0.717) is 5.39 Å². The zero-order valence-electron chi connectivity index (χ0n) is 14.6. The van der Waals surface area contributed by atoms with Crippen LogP contribution in [-0.4, -0.2) is 16.5 Å². The highest BCUT2D eigenvalue weighted by molar-refractivity contribution is 9.10. The lowest BCUT2D eigenvalue weighted by atomic mass is 10.1. The van der Waals surface area contributed by atoms with Crippen LogP contribution in [0.25, 0.3) is 10.9 Å². The molecule has 0 aliphatic carbocycles. The van der Waals surface area contributed by atoms with E-state index in [1.165, 1.54) is 11.6 Å². The number of hydrogen-bond donors (Lipinski definition) is 1. The minimum absolute atomic E-state index is 0.0413. The molecule has 1 amide bonds. The Labute approximate surface area is 161 Å². The number of amides is 1. The van der Waals surface area contributed by atoms with Gasteiger partial charge >= 0.3 is 0 Å². The number of rotatable bonds is 6. The monoisotopic (exact) mass is 412 g/mol. The van der Waals surface area contributed by atoms with Crippen molar-refractivity contribution in [3.63, 3.8) is 0 Å². The van der Waals surface area contributed by atoms with Crippen LogP contribution >= 0.6 is 15.9 Å². The summed E-state index contributed by atoms with van der Waals surface area (Å²) in [6.45, 7) is 2.20. The molecule has 0 aliphatic rings. The van der Waals surface area contributed by atoms with Crippen molar-refractivity contribution in [1.82, 2.24) is 9.88 Å². The fourth-order valence-corrected chi connectivity index (χ4v) is 3.34. The van der Waals surface area contributed by atoms with Crippen molar-refractivity contribution in [1.29, 1.82) is 0 Å². The summed E-state index contributed by atoms with van der Waals surface area (Å²) in [7, 11) is 0. The molecule has 0 spiro atoms. The molecular weight excluding hydrogens is 392 g/mol. The van der Waals surface area contributed by atoms with E-state index in [1.54, 1.807) is 16.8 Å². The fraction of sp³-hybridized carbons (Fsp3) is 0.238. The van der Waals surface area contributed by atoms with Crippen molar-refractivity contribution in [3.05, 3.63) is 81.1 Å². The molecule has 1 aromatic heterocycles. The average molecular weight is 413 g/mol. The zero-order chi connectivity index (χ0) is 18.5. The topological polar surface area (TPSA) is 51.1 Å². The van der Waals surface area contributed by atoms with Gasteiger partial charge in [0, 0.05) is 28.2 Å². The first-order chi connectivity index (χ1) is 12.5. The molecule has 134 valence electrons. The highest BCUT2D eigenvalue weighted by Crippen LogP contribution is 2.17. The summed E-state index contributed by atoms with van der Waals surface area (Å²) in [6, 6.07) is 17.3. The Kier molecular flexibility index (Phi) is 5.89. The van der Waals surface area contributed by atoms with Crippen LogP contribution in [0.2, 0.25) is 0 Å². The Morgan fingerprint density at radius 1 is 1.15 bits per heavy atom. The molecule has 1 N–H and O–H groups in total. The number of nitrogens with zero attached hydrogens (tertiary/aromatic N) is 1. The molecule has 1 heterocycles. The highest BCUT2D eigenvalue weighted by Gasteiger charge is 2.10. The quantitative estimate of drug-likeness (QED) is 0.667. The van der Waals surface area contributed by atoms with Crippen LogP contribution in [0.15, 0.2) is 70.1 Å². The summed E-state index contributed by atoms with van der Waals surface area (Å²) >= 11 is 3.42. The number of carbonyl (C=O) groups excluding carboxylic acids is 1. The summed E-state index contributed by atoms with van der Waals surface area (Å²) in [6.07, 6.45) is 3.48. The molecule has 0 radical (unpaired) electrons. The average Bonchev–Trinajstić information content (AvgIpc) is 2.63. The van der Waals surface area contributed by atoms with Gasteiger partial charge in [0.2, 0.25) is 5.91 Å². The van der Waals surface area contributed by atoms with Crippen molar-refractivity contribution in [2.45, 2.75) is 32.4 Å². The second-order valence-corrected chi connectivity index (χ2v) is 7.38. The highest BCUT2D eigenvalue weighted by atomic mass is 79.9. The minimum atomic E-state index is -0.0597. The van der Waals surface area contributed by atoms with Gasteiger partial charge in [-0.15, -0.1) is 0 Å². The summed E-state index contributed by atoms with van der Waals surface area (Å²) < 4.78 is 2.68. The number of nitrogens with one attached hydrogen (secondary N) is 1. The molecule has 2 aromatic carbocycles. The summed E-state index contributed by atoms with van der Waals surface area (Å²) in [5.74, 6) is -0.0597. The number of hydrogen-bond acceptors (Lipinski definition) is 2. The van der Waals surface area contributed by atoms with Crippen molar-refractivity contribution in [2.24, 2.45) is 0 Å². The molecule has 0 aliphatic heterocycles. The van der Waals surface area contributed by atoms with Gasteiger partial charge < -0.3 is 9.88 Å². The lowest BCUT2D eigenvalue weighted by Gasteiger charge is -2.16. The van der Waals surface area contributed by atoms with Crippen molar-refractivity contribution < 1.29 is 4.79 Å². The lowest BCUT2D eigenvalue weighted by Crippen LogP contribution is -2.35. The molecule has 0 bridgehead atoms. The zero-order valence-corrected chi connectivity index (χ0v) is 16.2. The van der Waals surface area contributed by atoms with Gasteiger partial charge in [-0.2, -0.15) is 0 Å². The largest absolute Gasteiger partial charge is 0.352 e. The van der Waals surface area contributed by atoms with Crippen LogP contribution in [0.4, 0.5) is 0 Å². The molecule has 0 saturated carbocycles. The van der Waals surface area contributed by atoms with Gasteiger partial charge in [0.1, 0.15) is 6.54 Å². The smallest absolute Gasteiger partial charge is 0.240 e. The predicted molar refractivity (Wildman–Crippen MR) is 108 cm³/mol. The van der Waals surface area contributed by atoms with E-state index < -0.39 is 0 Å². The lowest BCUT2D eigenvalue weighted by molar-refractivity contribution is -0.122. The molecule has 0 fully saturated rings. The van der Waals surface area contributed by atoms with Gasteiger partial charge in [0.05, 0.1) is 5.52 Å². The third-order valence-electron chi connectivity index (χ3n) is 4.37. The van der Waals surface area contributed by atoms with E-state index in [4.69, 9.17) is 0 Å². The number of aromatic nitrogens is 1. The second-order valence-electron chi connectivity index (χ2n) is 6.46. The SMILES string of the molecule is C[C@H](CCc1ccccc1)NC(=O)Cn1ccc(=O)c2ccc(Br)cc21. The number of benzene rings is 2. The van der Waals surface area contributed by atoms with E-state index in [9.17, 15) is 9.59 Å². The molecule has 4 nitrogen and oxygen atoms in total. The standard InChI is InChI=1S/C21H21BrN2O2/c1-15(7-8-16-5-3-2-4-6-16)23-21(26)14-24-12-11-20(25)18-10-9-17(22)13-19(18)24/h2-6,9-13,15H,7-8,14H2,1H3,(H,23,26)/t15-/m1/s1. The molecule has 5 heteroatoms. The van der Waals surface area contributed by atoms with Gasteiger partial charge in [-0.25, -0.2) is 0 Å². The number of carbonyl (C=O) groups is 1. The molecular formula is C21H21BrN2O2. The molecule has 1 atom stereocenters. The van der Waals surface area contributed by atoms with Crippen LogP contribution in [0.5, 0.6) is 0 Å². The molecule has 0 unspecified atom stereocenters. The Morgan fingerprint density at radius 2 is 1.92 bits per heavy atom. The summed E-state index contributed by atoms with van der Waals surface area (Å²) in [5.41, 5.74) is 1.98. The van der Waals surface area contributed by atoms with Crippen molar-refractivity contribution in [2.75, 3.05) is 0 Å². The maximum atomic E-state index is 12.4. The Morgan fingerprint density at radius 3 is 2.69 bits per heavy atom. The van der Waals surface area contributed by atoms with Gasteiger partial charge in [0.25, 0.3) is 0 Å². The van der Waals surface area contributed by atoms with Gasteiger partial charge in [-0.1, -0.05) is 46.3 Å². The maximum absolute atomic E-state index is 12.4. The summed E-state index contributed by atoms with van der Waals surface area (Å²) in [5, 5.41) is 3.65. The third kappa shape index (κ3) is 4.61. The number of aryl methyl sites for hydroxylation is 1. The Bertz CT molecular complexity index is 967. The van der Waals surface area contributed by atoms with Crippen LogP contribution in [-0.2, 0) is 17.8 Å². The second kappa shape index (κ2) is 8.32. The van der Waals surface area contributed by atoms with E-state index in [0.717, 1.165) is 22.8 Å². The normalized spacial score (nSPS) is 12.1. The van der Waals surface area contributed by atoms with Crippen LogP contribution in [0, 0.1) is 0 Å². The van der Waals surface area contributed by atoms with Gasteiger partial charge in [-0.05, 0) is 43.5 Å². The third-order valence-corrected chi connectivity index (χ3v) is 4.86.